The monoisotopic (exact) mass is 200 g/mol. The Morgan fingerprint density at radius 1 is 1.71 bits per heavy atom. The van der Waals surface area contributed by atoms with Crippen molar-refractivity contribution in [3.8, 4) is 0 Å². The van der Waals surface area contributed by atoms with Gasteiger partial charge in [0.15, 0.2) is 0 Å². The third-order valence-electron chi connectivity index (χ3n) is 2.63. The molecule has 0 bridgehead atoms. The van der Waals surface area contributed by atoms with Crippen LogP contribution in [0, 0.1) is 5.92 Å². The lowest BCUT2D eigenvalue weighted by atomic mass is 9.99. The minimum Gasteiger partial charge on any atom is -0.361 e. The number of nitrogens with two attached hydrogens (primary N) is 1. The highest BCUT2D eigenvalue weighted by Gasteiger charge is 2.35. The van der Waals surface area contributed by atoms with Gasteiger partial charge in [0.1, 0.15) is 5.72 Å². The zero-order valence-electron chi connectivity index (χ0n) is 9.17. The van der Waals surface area contributed by atoms with Gasteiger partial charge in [0, 0.05) is 12.6 Å². The van der Waals surface area contributed by atoms with E-state index in [-0.39, 0.29) is 11.8 Å². The maximum absolute atomic E-state index is 11.6. The molecule has 14 heavy (non-hydrogen) atoms. The van der Waals surface area contributed by atoms with Crippen LogP contribution in [0.4, 0.5) is 0 Å². The number of hydrogen-bond donors (Lipinski definition) is 2. The van der Waals surface area contributed by atoms with Crippen molar-refractivity contribution >= 4 is 5.91 Å². The van der Waals surface area contributed by atoms with Gasteiger partial charge in [0.25, 0.3) is 0 Å². The lowest BCUT2D eigenvalue weighted by Gasteiger charge is -2.30. The summed E-state index contributed by atoms with van der Waals surface area (Å²) in [4.78, 5) is 11.6. The van der Waals surface area contributed by atoms with Gasteiger partial charge in [-0.3, -0.25) is 4.79 Å². The fourth-order valence-corrected chi connectivity index (χ4v) is 1.25. The number of ether oxygens (including phenoxy) is 1. The van der Waals surface area contributed by atoms with Crippen molar-refractivity contribution in [3.63, 3.8) is 0 Å². The molecular formula is C10H20N2O2. The first kappa shape index (κ1) is 11.5. The van der Waals surface area contributed by atoms with Gasteiger partial charge < -0.3 is 15.8 Å². The van der Waals surface area contributed by atoms with E-state index in [0.29, 0.717) is 12.6 Å². The second kappa shape index (κ2) is 4.28. The number of rotatable bonds is 5. The molecule has 2 atom stereocenters. The molecule has 0 unspecified atom stereocenters. The van der Waals surface area contributed by atoms with Crippen molar-refractivity contribution in [1.82, 2.24) is 5.32 Å². The molecule has 0 aromatic carbocycles. The molecule has 1 saturated carbocycles. The van der Waals surface area contributed by atoms with Crippen molar-refractivity contribution in [2.45, 2.75) is 45.4 Å². The Balaban J connectivity index is 2.43. The van der Waals surface area contributed by atoms with Gasteiger partial charge in [-0.25, -0.2) is 0 Å². The molecule has 0 aliphatic heterocycles. The summed E-state index contributed by atoms with van der Waals surface area (Å²) in [5, 5.41) is 2.92. The van der Waals surface area contributed by atoms with Gasteiger partial charge in [-0.2, -0.15) is 0 Å². The van der Waals surface area contributed by atoms with Gasteiger partial charge >= 0.3 is 0 Å². The Morgan fingerprint density at radius 2 is 2.29 bits per heavy atom. The highest BCUT2D eigenvalue weighted by molar-refractivity contribution is 5.79. The van der Waals surface area contributed by atoms with Crippen molar-refractivity contribution in [2.24, 2.45) is 11.7 Å². The summed E-state index contributed by atoms with van der Waals surface area (Å²) >= 11 is 0. The molecule has 4 heteroatoms. The van der Waals surface area contributed by atoms with Crippen LogP contribution in [0.3, 0.4) is 0 Å². The summed E-state index contributed by atoms with van der Waals surface area (Å²) in [5.74, 6) is -0.325. The highest BCUT2D eigenvalue weighted by Crippen LogP contribution is 2.21. The number of nitrogens with one attached hydrogen (secondary N) is 1. The molecule has 0 aromatic heterocycles. The van der Waals surface area contributed by atoms with Crippen LogP contribution < -0.4 is 11.1 Å². The van der Waals surface area contributed by atoms with Gasteiger partial charge in [-0.05, 0) is 33.6 Å². The molecule has 3 N–H and O–H groups in total. The van der Waals surface area contributed by atoms with E-state index >= 15 is 0 Å². The Hall–Kier alpha value is -0.610. The van der Waals surface area contributed by atoms with Crippen LogP contribution in [0.15, 0.2) is 0 Å². The first-order valence-corrected chi connectivity index (χ1v) is 5.20. The standard InChI is InChI=1S/C10H20N2O2/c1-4-14-10(3,11)7(2)9(13)12-8-5-6-8/h7-8H,4-6,11H2,1-3H3,(H,12,13)/t7-,10+/m0/s1. The quantitative estimate of drug-likeness (QED) is 0.639. The molecule has 0 saturated heterocycles. The fourth-order valence-electron chi connectivity index (χ4n) is 1.25. The van der Waals surface area contributed by atoms with E-state index in [9.17, 15) is 4.79 Å². The zero-order valence-corrected chi connectivity index (χ0v) is 9.17. The molecular weight excluding hydrogens is 180 g/mol. The van der Waals surface area contributed by atoms with E-state index < -0.39 is 5.72 Å². The first-order chi connectivity index (χ1) is 6.47. The molecule has 1 rings (SSSR count). The molecule has 1 aliphatic rings. The van der Waals surface area contributed by atoms with Crippen LogP contribution >= 0.6 is 0 Å². The SMILES string of the molecule is CCO[C@@](C)(N)[C@@H](C)C(=O)NC1CC1. The number of amides is 1. The van der Waals surface area contributed by atoms with Crippen molar-refractivity contribution in [1.29, 1.82) is 0 Å². The normalized spacial score (nSPS) is 22.6. The molecule has 0 spiro atoms. The third kappa shape index (κ3) is 2.96. The minimum atomic E-state index is -0.867. The van der Waals surface area contributed by atoms with Crippen LogP contribution in [0.25, 0.3) is 0 Å². The molecule has 0 aromatic rings. The lowest BCUT2D eigenvalue weighted by Crippen LogP contribution is -2.52. The number of hydrogen-bond acceptors (Lipinski definition) is 3. The van der Waals surface area contributed by atoms with E-state index in [4.69, 9.17) is 10.5 Å². The van der Waals surface area contributed by atoms with Gasteiger partial charge in [0.2, 0.25) is 5.91 Å². The summed E-state index contributed by atoms with van der Waals surface area (Å²) in [6.45, 7) is 5.94. The molecule has 82 valence electrons. The fraction of sp³-hybridized carbons (Fsp3) is 0.900. The van der Waals surface area contributed by atoms with Crippen molar-refractivity contribution < 1.29 is 9.53 Å². The Bertz CT molecular complexity index is 212. The van der Waals surface area contributed by atoms with Crippen LogP contribution in [-0.2, 0) is 9.53 Å². The minimum absolute atomic E-state index is 0.00838. The molecule has 1 fully saturated rings. The van der Waals surface area contributed by atoms with Gasteiger partial charge in [-0.1, -0.05) is 0 Å². The number of carbonyl (C=O) groups is 1. The lowest BCUT2D eigenvalue weighted by molar-refractivity contribution is -0.137. The van der Waals surface area contributed by atoms with E-state index in [1.165, 1.54) is 0 Å². The number of carbonyl (C=O) groups excluding carboxylic acids is 1. The molecule has 1 amide bonds. The Kier molecular flexibility index (Phi) is 3.50. The third-order valence-corrected chi connectivity index (χ3v) is 2.63. The van der Waals surface area contributed by atoms with E-state index in [2.05, 4.69) is 5.32 Å². The summed E-state index contributed by atoms with van der Waals surface area (Å²) in [5.41, 5.74) is 5.02. The van der Waals surface area contributed by atoms with E-state index in [1.807, 2.05) is 6.92 Å². The first-order valence-electron chi connectivity index (χ1n) is 5.20. The van der Waals surface area contributed by atoms with Crippen LogP contribution in [0.2, 0.25) is 0 Å². The van der Waals surface area contributed by atoms with Crippen LogP contribution in [0.5, 0.6) is 0 Å². The second-order valence-corrected chi connectivity index (χ2v) is 4.12. The highest BCUT2D eigenvalue weighted by atomic mass is 16.5. The zero-order chi connectivity index (χ0) is 10.8. The van der Waals surface area contributed by atoms with E-state index in [0.717, 1.165) is 12.8 Å². The van der Waals surface area contributed by atoms with Gasteiger partial charge in [-0.15, -0.1) is 0 Å². The smallest absolute Gasteiger partial charge is 0.227 e. The molecule has 1 aliphatic carbocycles. The molecule has 4 nitrogen and oxygen atoms in total. The second-order valence-electron chi connectivity index (χ2n) is 4.12. The predicted molar refractivity (Wildman–Crippen MR) is 54.5 cm³/mol. The summed E-state index contributed by atoms with van der Waals surface area (Å²) in [6.07, 6.45) is 2.18. The summed E-state index contributed by atoms with van der Waals surface area (Å²) in [7, 11) is 0. The van der Waals surface area contributed by atoms with Gasteiger partial charge in [0.05, 0.1) is 5.92 Å². The van der Waals surface area contributed by atoms with Crippen molar-refractivity contribution in [3.05, 3.63) is 0 Å². The largest absolute Gasteiger partial charge is 0.361 e. The Labute approximate surface area is 85.2 Å². The average Bonchev–Trinajstić information content (AvgIpc) is 2.86. The topological polar surface area (TPSA) is 64.3 Å². The average molecular weight is 200 g/mol. The molecule has 0 heterocycles. The summed E-state index contributed by atoms with van der Waals surface area (Å²) < 4.78 is 5.33. The van der Waals surface area contributed by atoms with Crippen LogP contribution in [-0.4, -0.2) is 24.3 Å². The maximum atomic E-state index is 11.6. The predicted octanol–water partition coefficient (Wildman–Crippen LogP) is 0.612. The Morgan fingerprint density at radius 3 is 2.71 bits per heavy atom. The molecule has 0 radical (unpaired) electrons. The van der Waals surface area contributed by atoms with Crippen LogP contribution in [0.1, 0.15) is 33.6 Å². The summed E-state index contributed by atoms with van der Waals surface area (Å²) in [6, 6.07) is 0.377. The van der Waals surface area contributed by atoms with Crippen molar-refractivity contribution in [2.75, 3.05) is 6.61 Å². The van der Waals surface area contributed by atoms with E-state index in [1.54, 1.807) is 13.8 Å². The maximum Gasteiger partial charge on any atom is 0.227 e.